The molecule has 1 N–H and O–H groups in total. The van der Waals surface area contributed by atoms with Crippen LogP contribution in [0.3, 0.4) is 0 Å². The molecule has 1 aromatic rings. The van der Waals surface area contributed by atoms with Crippen LogP contribution in [-0.2, 0) is 25.9 Å². The third-order valence-electron chi connectivity index (χ3n) is 2.50. The molecule has 8 nitrogen and oxygen atoms in total. The fourth-order valence-corrected chi connectivity index (χ4v) is 3.41. The zero-order chi connectivity index (χ0) is 17.1. The molecule has 0 radical (unpaired) electrons. The third-order valence-corrected chi connectivity index (χ3v) is 4.28. The van der Waals surface area contributed by atoms with Gasteiger partial charge in [0.15, 0.2) is 0 Å². The summed E-state index contributed by atoms with van der Waals surface area (Å²) in [5, 5.41) is 4.16. The van der Waals surface area contributed by atoms with E-state index in [1.807, 2.05) is 0 Å². The lowest BCUT2D eigenvalue weighted by Gasteiger charge is -2.23. The fourth-order valence-electron chi connectivity index (χ4n) is 1.58. The highest BCUT2D eigenvalue weighted by Crippen LogP contribution is 2.29. The molecule has 0 aliphatic rings. The molecule has 0 aliphatic carbocycles. The first kappa shape index (κ1) is 19.6. The van der Waals surface area contributed by atoms with Crippen molar-refractivity contribution in [2.24, 2.45) is 5.41 Å². The van der Waals surface area contributed by atoms with Crippen LogP contribution >= 0.6 is 31.9 Å². The van der Waals surface area contributed by atoms with Crippen molar-refractivity contribution in [1.29, 1.82) is 0 Å². The molecule has 0 atom stereocenters. The molecule has 126 valence electrons. The molecule has 0 amide bonds. The number of aromatic nitrogens is 2. The average molecular weight is 464 g/mol. The van der Waals surface area contributed by atoms with Crippen LogP contribution in [0.1, 0.15) is 31.1 Å². The standard InChI is InChI=1S/C11H16Br2N2O6S/c1-4-20-10(16)7-8(12)14-15(9(7)13)5-11(2,3)6-21-22(17,18)19/h4-6H2,1-3H3,(H,17,18,19). The second kappa shape index (κ2) is 7.39. The summed E-state index contributed by atoms with van der Waals surface area (Å²) in [5.74, 6) is -0.528. The maximum Gasteiger partial charge on any atom is 0.397 e. The first-order chi connectivity index (χ1) is 9.97. The minimum atomic E-state index is -4.51. The molecule has 1 rings (SSSR count). The summed E-state index contributed by atoms with van der Waals surface area (Å²) < 4.78 is 41.5. The largest absolute Gasteiger partial charge is 0.462 e. The number of ether oxygens (including phenoxy) is 1. The molecule has 0 unspecified atom stereocenters. The van der Waals surface area contributed by atoms with Crippen LogP contribution in [-0.4, -0.2) is 41.9 Å². The van der Waals surface area contributed by atoms with Gasteiger partial charge in [0.05, 0.1) is 13.2 Å². The van der Waals surface area contributed by atoms with Gasteiger partial charge in [-0.2, -0.15) is 13.5 Å². The average Bonchev–Trinajstić information content (AvgIpc) is 2.61. The molecule has 0 saturated heterocycles. The van der Waals surface area contributed by atoms with E-state index in [4.69, 9.17) is 9.29 Å². The molecule has 0 spiro atoms. The maximum absolute atomic E-state index is 11.8. The van der Waals surface area contributed by atoms with Gasteiger partial charge in [-0.25, -0.2) is 8.98 Å². The Morgan fingerprint density at radius 2 is 2.00 bits per heavy atom. The summed E-state index contributed by atoms with van der Waals surface area (Å²) in [7, 11) is -4.51. The number of carbonyl (C=O) groups excluding carboxylic acids is 1. The Morgan fingerprint density at radius 1 is 1.41 bits per heavy atom. The van der Waals surface area contributed by atoms with Gasteiger partial charge in [-0.3, -0.25) is 9.23 Å². The van der Waals surface area contributed by atoms with Gasteiger partial charge in [-0.05, 0) is 38.8 Å². The van der Waals surface area contributed by atoms with Crippen LogP contribution in [0.15, 0.2) is 9.21 Å². The SMILES string of the molecule is CCOC(=O)c1c(Br)nn(CC(C)(C)COS(=O)(=O)O)c1Br. The predicted octanol–water partition coefficient (Wildman–Crippen LogP) is 2.43. The van der Waals surface area contributed by atoms with Gasteiger partial charge in [-0.15, -0.1) is 0 Å². The highest BCUT2D eigenvalue weighted by atomic mass is 79.9. The van der Waals surface area contributed by atoms with Crippen molar-refractivity contribution in [2.45, 2.75) is 27.3 Å². The van der Waals surface area contributed by atoms with Crippen molar-refractivity contribution in [3.63, 3.8) is 0 Å². The Labute approximate surface area is 145 Å². The first-order valence-electron chi connectivity index (χ1n) is 6.17. The lowest BCUT2D eigenvalue weighted by Crippen LogP contribution is -2.27. The van der Waals surface area contributed by atoms with Gasteiger partial charge < -0.3 is 4.74 Å². The normalized spacial score (nSPS) is 12.5. The highest BCUT2D eigenvalue weighted by molar-refractivity contribution is 9.11. The maximum atomic E-state index is 11.8. The number of carbonyl (C=O) groups is 1. The summed E-state index contributed by atoms with van der Waals surface area (Å²) in [4.78, 5) is 11.8. The summed E-state index contributed by atoms with van der Waals surface area (Å²) in [6, 6.07) is 0. The Kier molecular flexibility index (Phi) is 6.57. The minimum absolute atomic E-state index is 0.233. The van der Waals surface area contributed by atoms with E-state index in [1.54, 1.807) is 20.8 Å². The van der Waals surface area contributed by atoms with Crippen molar-refractivity contribution in [1.82, 2.24) is 9.78 Å². The second-order valence-corrected chi connectivity index (χ2v) is 7.78. The molecule has 0 bridgehead atoms. The Bertz CT molecular complexity index is 656. The zero-order valence-electron chi connectivity index (χ0n) is 12.2. The van der Waals surface area contributed by atoms with Gasteiger partial charge in [0, 0.05) is 12.0 Å². The van der Waals surface area contributed by atoms with E-state index in [2.05, 4.69) is 41.1 Å². The summed E-state index contributed by atoms with van der Waals surface area (Å²) >= 11 is 6.46. The van der Waals surface area contributed by atoms with E-state index in [-0.39, 0.29) is 25.3 Å². The van der Waals surface area contributed by atoms with E-state index in [0.29, 0.717) is 9.21 Å². The number of esters is 1. The number of nitrogens with zero attached hydrogens (tertiary/aromatic N) is 2. The topological polar surface area (TPSA) is 108 Å². The smallest absolute Gasteiger partial charge is 0.397 e. The highest BCUT2D eigenvalue weighted by Gasteiger charge is 2.27. The number of rotatable bonds is 7. The molecular formula is C11H16Br2N2O6S. The Hall–Kier alpha value is -0.490. The molecule has 1 aromatic heterocycles. The molecule has 11 heteroatoms. The van der Waals surface area contributed by atoms with Gasteiger partial charge >= 0.3 is 16.4 Å². The van der Waals surface area contributed by atoms with Crippen LogP contribution in [0.2, 0.25) is 0 Å². The van der Waals surface area contributed by atoms with Crippen LogP contribution < -0.4 is 0 Å². The lowest BCUT2D eigenvalue weighted by atomic mass is 9.95. The lowest BCUT2D eigenvalue weighted by molar-refractivity contribution is 0.0524. The number of hydrogen-bond donors (Lipinski definition) is 1. The molecule has 22 heavy (non-hydrogen) atoms. The van der Waals surface area contributed by atoms with Crippen LogP contribution in [0.25, 0.3) is 0 Å². The zero-order valence-corrected chi connectivity index (χ0v) is 16.2. The Morgan fingerprint density at radius 3 is 2.50 bits per heavy atom. The van der Waals surface area contributed by atoms with E-state index in [9.17, 15) is 13.2 Å². The molecule has 0 saturated carbocycles. The molecule has 1 heterocycles. The second-order valence-electron chi connectivity index (χ2n) is 5.19. The Balaban J connectivity index is 2.94. The van der Waals surface area contributed by atoms with Crippen LogP contribution in [0, 0.1) is 5.41 Å². The summed E-state index contributed by atoms with van der Waals surface area (Å²) in [6.07, 6.45) is 0. The monoisotopic (exact) mass is 462 g/mol. The van der Waals surface area contributed by atoms with E-state index in [0.717, 1.165) is 0 Å². The third kappa shape index (κ3) is 5.61. The van der Waals surface area contributed by atoms with Crippen molar-refractivity contribution >= 4 is 48.2 Å². The number of hydrogen-bond acceptors (Lipinski definition) is 6. The first-order valence-corrected chi connectivity index (χ1v) is 9.12. The van der Waals surface area contributed by atoms with E-state index >= 15 is 0 Å². The van der Waals surface area contributed by atoms with E-state index in [1.165, 1.54) is 4.68 Å². The van der Waals surface area contributed by atoms with Crippen molar-refractivity contribution < 1.29 is 26.7 Å². The summed E-state index contributed by atoms with van der Waals surface area (Å²) in [5.41, 5.74) is -0.427. The van der Waals surface area contributed by atoms with E-state index < -0.39 is 21.8 Å². The summed E-state index contributed by atoms with van der Waals surface area (Å²) in [6.45, 7) is 5.37. The van der Waals surface area contributed by atoms with Crippen molar-refractivity contribution in [3.05, 3.63) is 14.8 Å². The van der Waals surface area contributed by atoms with Gasteiger partial charge in [-0.1, -0.05) is 13.8 Å². The molecular weight excluding hydrogens is 448 g/mol. The molecule has 0 aliphatic heterocycles. The quantitative estimate of drug-likeness (QED) is 0.488. The van der Waals surface area contributed by atoms with Gasteiger partial charge in [0.25, 0.3) is 0 Å². The fraction of sp³-hybridized carbons (Fsp3) is 0.636. The van der Waals surface area contributed by atoms with Crippen LogP contribution in [0.4, 0.5) is 0 Å². The number of halogens is 2. The minimum Gasteiger partial charge on any atom is -0.462 e. The van der Waals surface area contributed by atoms with Gasteiger partial charge in [0.1, 0.15) is 14.8 Å². The molecule has 0 fully saturated rings. The molecule has 0 aromatic carbocycles. The predicted molar refractivity (Wildman–Crippen MR) is 84.9 cm³/mol. The van der Waals surface area contributed by atoms with Crippen LogP contribution in [0.5, 0.6) is 0 Å². The van der Waals surface area contributed by atoms with Crippen molar-refractivity contribution in [2.75, 3.05) is 13.2 Å². The van der Waals surface area contributed by atoms with Gasteiger partial charge in [0.2, 0.25) is 0 Å². The van der Waals surface area contributed by atoms with Crippen molar-refractivity contribution in [3.8, 4) is 0 Å².